The van der Waals surface area contributed by atoms with Gasteiger partial charge in [0.1, 0.15) is 0 Å². The number of hydrogen-bond donors (Lipinski definition) is 0. The van der Waals surface area contributed by atoms with Crippen molar-refractivity contribution in [2.24, 2.45) is 0 Å². The summed E-state index contributed by atoms with van der Waals surface area (Å²) in [6, 6.07) is 10.5. The van der Waals surface area contributed by atoms with Gasteiger partial charge in [-0.25, -0.2) is 0 Å². The summed E-state index contributed by atoms with van der Waals surface area (Å²) in [6.07, 6.45) is 0. The van der Waals surface area contributed by atoms with Crippen LogP contribution in [0.3, 0.4) is 0 Å². The van der Waals surface area contributed by atoms with Crippen LogP contribution in [0.5, 0.6) is 0 Å². The van der Waals surface area contributed by atoms with Gasteiger partial charge in [0.15, 0.2) is 0 Å². The zero-order valence-electron chi connectivity index (χ0n) is 6.05. The maximum absolute atomic E-state index is 12.5. The second-order valence-corrected chi connectivity index (χ2v) is 4.44. The molecule has 0 bridgehead atoms. The van der Waals surface area contributed by atoms with Gasteiger partial charge in [-0.1, -0.05) is 30.3 Å². The van der Waals surface area contributed by atoms with E-state index in [0.717, 1.165) is 5.56 Å². The van der Waals surface area contributed by atoms with Crippen molar-refractivity contribution in [1.29, 1.82) is 0 Å². The Morgan fingerprint density at radius 1 is 1.30 bits per heavy atom. The van der Waals surface area contributed by atoms with Gasteiger partial charge in [0.25, 0.3) is 0 Å². The lowest BCUT2D eigenvalue weighted by Crippen LogP contribution is -2.03. The highest BCUT2D eigenvalue weighted by molar-refractivity contribution is 6.48. The van der Waals surface area contributed by atoms with E-state index in [-0.39, 0.29) is 0 Å². The molecule has 1 aromatic rings. The fraction of sp³-hybridized carbons (Fsp3) is 0.250. The van der Waals surface area contributed by atoms with Crippen LogP contribution in [0.25, 0.3) is 0 Å². The van der Waals surface area contributed by atoms with Gasteiger partial charge in [-0.05, 0) is 18.2 Å². The monoisotopic (exact) mass is 154 g/mol. The zero-order chi connectivity index (χ0) is 7.40. The van der Waals surface area contributed by atoms with Crippen LogP contribution in [-0.4, -0.2) is 9.13 Å². The molecule has 0 heterocycles. The molecular formula is C8H11FSi. The van der Waals surface area contributed by atoms with E-state index in [1.54, 1.807) is 6.55 Å². The molecule has 2 heteroatoms. The van der Waals surface area contributed by atoms with Crippen molar-refractivity contribution in [3.8, 4) is 0 Å². The smallest absolute Gasteiger partial charge is 0.233 e. The molecule has 1 rings (SSSR count). The molecule has 0 nitrogen and oxygen atoms in total. The summed E-state index contributed by atoms with van der Waals surface area (Å²) < 4.78 is 12.5. The van der Waals surface area contributed by atoms with Crippen molar-refractivity contribution in [3.05, 3.63) is 35.9 Å². The first-order chi connectivity index (χ1) is 4.79. The molecule has 10 heavy (non-hydrogen) atoms. The fourth-order valence-corrected chi connectivity index (χ4v) is 1.86. The summed E-state index contributed by atoms with van der Waals surface area (Å²) in [5, 5.41) is 0. The third-order valence-electron chi connectivity index (χ3n) is 1.36. The van der Waals surface area contributed by atoms with Gasteiger partial charge < -0.3 is 4.11 Å². The van der Waals surface area contributed by atoms with Crippen molar-refractivity contribution in [2.45, 2.75) is 12.6 Å². The van der Waals surface area contributed by atoms with Gasteiger partial charge in [-0.3, -0.25) is 0 Å². The number of hydrogen-bond acceptors (Lipinski definition) is 0. The van der Waals surface area contributed by atoms with E-state index in [1.165, 1.54) is 0 Å². The molecule has 0 aliphatic rings. The molecule has 0 N–H and O–H groups in total. The topological polar surface area (TPSA) is 0 Å². The van der Waals surface area contributed by atoms with Crippen LogP contribution in [0, 0.1) is 0 Å². The third-order valence-corrected chi connectivity index (χ3v) is 2.39. The molecule has 0 saturated carbocycles. The molecule has 1 unspecified atom stereocenters. The Hall–Kier alpha value is -0.633. The molecule has 54 valence electrons. The van der Waals surface area contributed by atoms with E-state index in [2.05, 4.69) is 0 Å². The van der Waals surface area contributed by atoms with Crippen LogP contribution in [0.15, 0.2) is 30.3 Å². The average Bonchev–Trinajstić information content (AvgIpc) is 1.88. The van der Waals surface area contributed by atoms with Crippen LogP contribution in [0.1, 0.15) is 5.56 Å². The molecule has 0 radical (unpaired) electrons. The highest BCUT2D eigenvalue weighted by Gasteiger charge is 2.00. The van der Waals surface area contributed by atoms with Crippen molar-refractivity contribution in [2.75, 3.05) is 0 Å². The Kier molecular flexibility index (Phi) is 2.63. The van der Waals surface area contributed by atoms with Gasteiger partial charge in [-0.2, -0.15) is 0 Å². The second-order valence-electron chi connectivity index (χ2n) is 2.47. The Bertz CT molecular complexity index is 184. The Balaban J connectivity index is 2.59. The van der Waals surface area contributed by atoms with Gasteiger partial charge in [0.2, 0.25) is 9.13 Å². The Morgan fingerprint density at radius 2 is 1.90 bits per heavy atom. The molecule has 0 amide bonds. The lowest BCUT2D eigenvalue weighted by atomic mass is 10.2. The molecule has 1 atom stereocenters. The predicted molar refractivity (Wildman–Crippen MR) is 44.3 cm³/mol. The van der Waals surface area contributed by atoms with Crippen LogP contribution in [0.4, 0.5) is 4.11 Å². The maximum atomic E-state index is 12.5. The first-order valence-electron chi connectivity index (χ1n) is 3.47. The molecule has 1 aromatic carbocycles. The van der Waals surface area contributed by atoms with Gasteiger partial charge in [0.05, 0.1) is 0 Å². The first-order valence-corrected chi connectivity index (χ1v) is 5.88. The van der Waals surface area contributed by atoms with Crippen molar-refractivity contribution in [3.63, 3.8) is 0 Å². The lowest BCUT2D eigenvalue weighted by molar-refractivity contribution is 0.827. The minimum atomic E-state index is -1.90. The van der Waals surface area contributed by atoms with Gasteiger partial charge >= 0.3 is 0 Å². The highest BCUT2D eigenvalue weighted by Crippen LogP contribution is 2.01. The summed E-state index contributed by atoms with van der Waals surface area (Å²) in [5.41, 5.74) is 1.13. The van der Waals surface area contributed by atoms with Gasteiger partial charge in [-0.15, -0.1) is 0 Å². The molecule has 0 saturated heterocycles. The minimum absolute atomic E-state index is 0.668. The van der Waals surface area contributed by atoms with Crippen molar-refractivity contribution < 1.29 is 4.11 Å². The van der Waals surface area contributed by atoms with Crippen LogP contribution in [0.2, 0.25) is 6.55 Å². The normalized spacial score (nSPS) is 13.0. The van der Waals surface area contributed by atoms with Crippen molar-refractivity contribution in [1.82, 2.24) is 0 Å². The number of rotatable bonds is 2. The van der Waals surface area contributed by atoms with Crippen LogP contribution in [-0.2, 0) is 6.04 Å². The van der Waals surface area contributed by atoms with Crippen molar-refractivity contribution >= 4 is 9.13 Å². The SMILES string of the molecule is C[SiH](F)Cc1ccccc1. The molecular weight excluding hydrogens is 143 g/mol. The summed E-state index contributed by atoms with van der Waals surface area (Å²) in [5.74, 6) is 0. The average molecular weight is 154 g/mol. The largest absolute Gasteiger partial charge is 0.318 e. The minimum Gasteiger partial charge on any atom is -0.318 e. The second kappa shape index (κ2) is 3.51. The predicted octanol–water partition coefficient (Wildman–Crippen LogP) is 2.09. The van der Waals surface area contributed by atoms with Gasteiger partial charge in [0, 0.05) is 0 Å². The summed E-state index contributed by atoms with van der Waals surface area (Å²) in [7, 11) is -1.90. The fourth-order valence-electron chi connectivity index (χ4n) is 0.939. The van der Waals surface area contributed by atoms with E-state index in [9.17, 15) is 4.11 Å². The van der Waals surface area contributed by atoms with E-state index >= 15 is 0 Å². The third kappa shape index (κ3) is 2.31. The van der Waals surface area contributed by atoms with E-state index < -0.39 is 9.13 Å². The molecule has 0 aliphatic carbocycles. The molecule has 0 fully saturated rings. The molecule has 0 spiro atoms. The first kappa shape index (κ1) is 7.47. The molecule has 0 aromatic heterocycles. The summed E-state index contributed by atoms with van der Waals surface area (Å²) >= 11 is 0. The maximum Gasteiger partial charge on any atom is 0.233 e. The Labute approximate surface area is 62.5 Å². The number of benzene rings is 1. The zero-order valence-corrected chi connectivity index (χ0v) is 7.20. The Morgan fingerprint density at radius 3 is 2.40 bits per heavy atom. The van der Waals surface area contributed by atoms with E-state index in [0.29, 0.717) is 6.04 Å². The van der Waals surface area contributed by atoms with E-state index in [4.69, 9.17) is 0 Å². The standard InChI is InChI=1S/C8H11FSi/c1-10(9)7-8-5-3-2-4-6-8/h2-6,10H,7H2,1H3. The molecule has 0 aliphatic heterocycles. The highest BCUT2D eigenvalue weighted by atomic mass is 28.3. The summed E-state index contributed by atoms with van der Waals surface area (Å²) in [6.45, 7) is 1.72. The lowest BCUT2D eigenvalue weighted by Gasteiger charge is -1.97. The quantitative estimate of drug-likeness (QED) is 0.452. The summed E-state index contributed by atoms with van der Waals surface area (Å²) in [4.78, 5) is 0. The number of halogens is 1. The van der Waals surface area contributed by atoms with Crippen LogP contribution >= 0.6 is 0 Å². The van der Waals surface area contributed by atoms with Crippen LogP contribution < -0.4 is 0 Å². The van der Waals surface area contributed by atoms with E-state index in [1.807, 2.05) is 30.3 Å².